The van der Waals surface area contributed by atoms with E-state index in [0.717, 1.165) is 25.8 Å². The van der Waals surface area contributed by atoms with Gasteiger partial charge in [-0.2, -0.15) is 0 Å². The molecule has 6 heteroatoms. The first-order valence-electron chi connectivity index (χ1n) is 6.85. The highest BCUT2D eigenvalue weighted by Crippen LogP contribution is 2.31. The molecular formula is C14H20Cl2N2O2. The van der Waals surface area contributed by atoms with Crippen LogP contribution in [0.15, 0.2) is 12.1 Å². The van der Waals surface area contributed by atoms with E-state index in [1.807, 2.05) is 0 Å². The molecule has 1 aromatic rings. The third kappa shape index (κ3) is 4.93. The highest BCUT2D eigenvalue weighted by Gasteiger charge is 2.20. The van der Waals surface area contributed by atoms with Gasteiger partial charge >= 0.3 is 0 Å². The number of hydrogen-bond donors (Lipinski definition) is 1. The average Bonchev–Trinajstić information content (AvgIpc) is 2.39. The number of rotatable bonds is 8. The molecule has 0 saturated heterocycles. The first kappa shape index (κ1) is 17.2. The van der Waals surface area contributed by atoms with E-state index in [9.17, 15) is 10.1 Å². The maximum atomic E-state index is 11.1. The lowest BCUT2D eigenvalue weighted by atomic mass is 10.0. The van der Waals surface area contributed by atoms with Gasteiger partial charge < -0.3 is 5.32 Å². The Hall–Kier alpha value is -0.840. The van der Waals surface area contributed by atoms with Gasteiger partial charge in [0.25, 0.3) is 5.69 Å². The van der Waals surface area contributed by atoms with E-state index >= 15 is 0 Å². The molecule has 0 saturated carbocycles. The topological polar surface area (TPSA) is 55.2 Å². The number of nitro groups is 1. The van der Waals surface area contributed by atoms with Gasteiger partial charge in [0.15, 0.2) is 0 Å². The third-order valence-electron chi connectivity index (χ3n) is 3.10. The second-order valence-corrected chi connectivity index (χ2v) is 5.61. The number of benzene rings is 1. The van der Waals surface area contributed by atoms with E-state index in [1.165, 1.54) is 6.07 Å². The van der Waals surface area contributed by atoms with Gasteiger partial charge in [0.1, 0.15) is 0 Å². The van der Waals surface area contributed by atoms with Crippen LogP contribution < -0.4 is 5.32 Å². The Morgan fingerprint density at radius 2 is 1.90 bits per heavy atom. The first-order valence-corrected chi connectivity index (χ1v) is 7.60. The first-order chi connectivity index (χ1) is 9.49. The maximum Gasteiger partial charge on any atom is 0.274 e. The molecule has 20 heavy (non-hydrogen) atoms. The normalized spacial score (nSPS) is 12.4. The Bertz CT molecular complexity index is 467. The lowest BCUT2D eigenvalue weighted by molar-refractivity contribution is -0.385. The molecule has 0 radical (unpaired) electrons. The number of halogens is 2. The van der Waals surface area contributed by atoms with Gasteiger partial charge in [-0.15, -0.1) is 0 Å². The van der Waals surface area contributed by atoms with Crippen LogP contribution in [0.4, 0.5) is 5.69 Å². The number of nitro benzene ring substituents is 1. The molecule has 0 bridgehead atoms. The van der Waals surface area contributed by atoms with E-state index in [0.29, 0.717) is 17.0 Å². The van der Waals surface area contributed by atoms with Gasteiger partial charge in [0.05, 0.1) is 15.0 Å². The number of hydrogen-bond acceptors (Lipinski definition) is 3. The molecule has 1 aromatic carbocycles. The molecule has 4 nitrogen and oxygen atoms in total. The molecule has 1 N–H and O–H groups in total. The van der Waals surface area contributed by atoms with Crippen LogP contribution in [-0.2, 0) is 6.42 Å². The Labute approximate surface area is 129 Å². The summed E-state index contributed by atoms with van der Waals surface area (Å²) in [4.78, 5) is 10.7. The van der Waals surface area contributed by atoms with Crippen molar-refractivity contribution in [2.45, 2.75) is 45.6 Å². The van der Waals surface area contributed by atoms with Crippen molar-refractivity contribution >= 4 is 28.9 Å². The fourth-order valence-corrected chi connectivity index (χ4v) is 2.49. The molecule has 1 unspecified atom stereocenters. The Morgan fingerprint density at radius 1 is 1.25 bits per heavy atom. The summed E-state index contributed by atoms with van der Waals surface area (Å²) in [5, 5.41) is 15.1. The standard InChI is InChI=1S/C14H20Cl2N2O2/c1-3-5-11(17-6-4-2)7-10-8-12(15)13(16)9-14(10)18(19)20/h8-9,11,17H,3-7H2,1-2H3. The molecule has 0 aliphatic heterocycles. The predicted molar refractivity (Wildman–Crippen MR) is 83.8 cm³/mol. The fourth-order valence-electron chi connectivity index (χ4n) is 2.15. The van der Waals surface area contributed by atoms with Crippen LogP contribution in [0.1, 0.15) is 38.7 Å². The van der Waals surface area contributed by atoms with Crippen LogP contribution in [0.3, 0.4) is 0 Å². The van der Waals surface area contributed by atoms with Gasteiger partial charge in [0.2, 0.25) is 0 Å². The maximum absolute atomic E-state index is 11.1. The van der Waals surface area contributed by atoms with Crippen molar-refractivity contribution in [1.29, 1.82) is 0 Å². The van der Waals surface area contributed by atoms with E-state index in [2.05, 4.69) is 19.2 Å². The number of nitrogens with zero attached hydrogens (tertiary/aromatic N) is 1. The van der Waals surface area contributed by atoms with Crippen molar-refractivity contribution in [2.24, 2.45) is 0 Å². The third-order valence-corrected chi connectivity index (χ3v) is 3.83. The molecule has 0 amide bonds. The summed E-state index contributed by atoms with van der Waals surface area (Å²) in [6.07, 6.45) is 3.61. The quantitative estimate of drug-likeness (QED) is 0.562. The molecule has 1 atom stereocenters. The second-order valence-electron chi connectivity index (χ2n) is 4.80. The van der Waals surface area contributed by atoms with Crippen molar-refractivity contribution in [3.63, 3.8) is 0 Å². The average molecular weight is 319 g/mol. The van der Waals surface area contributed by atoms with Crippen LogP contribution in [0.25, 0.3) is 0 Å². The zero-order chi connectivity index (χ0) is 15.1. The fraction of sp³-hybridized carbons (Fsp3) is 0.571. The summed E-state index contributed by atoms with van der Waals surface area (Å²) in [5.41, 5.74) is 0.672. The molecule has 0 heterocycles. The van der Waals surface area contributed by atoms with Crippen molar-refractivity contribution in [3.05, 3.63) is 37.9 Å². The van der Waals surface area contributed by atoms with Crippen LogP contribution in [0.5, 0.6) is 0 Å². The van der Waals surface area contributed by atoms with E-state index in [1.54, 1.807) is 6.07 Å². The molecule has 0 aliphatic carbocycles. The summed E-state index contributed by atoms with van der Waals surface area (Å²) >= 11 is 11.8. The van der Waals surface area contributed by atoms with Crippen LogP contribution in [-0.4, -0.2) is 17.5 Å². The minimum atomic E-state index is -0.402. The van der Waals surface area contributed by atoms with E-state index in [-0.39, 0.29) is 16.8 Å². The Morgan fingerprint density at radius 3 is 2.45 bits per heavy atom. The molecule has 0 aromatic heterocycles. The van der Waals surface area contributed by atoms with Gasteiger partial charge in [-0.05, 0) is 31.9 Å². The molecule has 1 rings (SSSR count). The van der Waals surface area contributed by atoms with Crippen molar-refractivity contribution in [3.8, 4) is 0 Å². The Kier molecular flexibility index (Phi) is 7.27. The Balaban J connectivity index is 2.98. The lowest BCUT2D eigenvalue weighted by Gasteiger charge is -2.18. The van der Waals surface area contributed by atoms with Crippen molar-refractivity contribution < 1.29 is 4.92 Å². The smallest absolute Gasteiger partial charge is 0.274 e. The summed E-state index contributed by atoms with van der Waals surface area (Å²) in [6.45, 7) is 5.10. The largest absolute Gasteiger partial charge is 0.314 e. The van der Waals surface area contributed by atoms with Crippen LogP contribution in [0, 0.1) is 10.1 Å². The van der Waals surface area contributed by atoms with Crippen LogP contribution >= 0.6 is 23.2 Å². The highest BCUT2D eigenvalue weighted by atomic mass is 35.5. The number of nitrogens with one attached hydrogen (secondary N) is 1. The minimum absolute atomic E-state index is 0.0406. The van der Waals surface area contributed by atoms with Gasteiger partial charge in [-0.25, -0.2) is 0 Å². The van der Waals surface area contributed by atoms with Gasteiger partial charge in [0, 0.05) is 17.7 Å². The summed E-state index contributed by atoms with van der Waals surface area (Å²) in [5.74, 6) is 0. The van der Waals surface area contributed by atoms with Gasteiger partial charge in [-0.3, -0.25) is 10.1 Å². The zero-order valence-electron chi connectivity index (χ0n) is 11.8. The zero-order valence-corrected chi connectivity index (χ0v) is 13.3. The highest BCUT2D eigenvalue weighted by molar-refractivity contribution is 6.42. The summed E-state index contributed by atoms with van der Waals surface area (Å²) in [6, 6.07) is 3.16. The molecule has 0 spiro atoms. The second kappa shape index (κ2) is 8.45. The summed E-state index contributed by atoms with van der Waals surface area (Å²) < 4.78 is 0. The van der Waals surface area contributed by atoms with Crippen molar-refractivity contribution in [1.82, 2.24) is 5.32 Å². The van der Waals surface area contributed by atoms with E-state index in [4.69, 9.17) is 23.2 Å². The molecule has 112 valence electrons. The van der Waals surface area contributed by atoms with E-state index < -0.39 is 4.92 Å². The lowest BCUT2D eigenvalue weighted by Crippen LogP contribution is -2.31. The minimum Gasteiger partial charge on any atom is -0.314 e. The molecule has 0 fully saturated rings. The van der Waals surface area contributed by atoms with Crippen molar-refractivity contribution in [2.75, 3.05) is 6.54 Å². The van der Waals surface area contributed by atoms with Gasteiger partial charge in [-0.1, -0.05) is 43.5 Å². The molecular weight excluding hydrogens is 299 g/mol. The molecule has 0 aliphatic rings. The summed E-state index contributed by atoms with van der Waals surface area (Å²) in [7, 11) is 0. The SMILES string of the molecule is CCCNC(CCC)Cc1cc(Cl)c(Cl)cc1[N+](=O)[O-]. The predicted octanol–water partition coefficient (Wildman–Crippen LogP) is 4.61. The van der Waals surface area contributed by atoms with Crippen LogP contribution in [0.2, 0.25) is 10.0 Å². The monoisotopic (exact) mass is 318 g/mol.